The molecule has 0 atom stereocenters. The third-order valence-electron chi connectivity index (χ3n) is 4.35. The van der Waals surface area contributed by atoms with Gasteiger partial charge in [-0.15, -0.1) is 10.2 Å². The molecular formula is C18H26N6. The highest BCUT2D eigenvalue weighted by atomic mass is 15.3. The first kappa shape index (κ1) is 16.5. The normalized spacial score (nSPS) is 14.8. The van der Waals surface area contributed by atoms with Crippen molar-refractivity contribution in [2.75, 3.05) is 13.6 Å². The van der Waals surface area contributed by atoms with Crippen molar-refractivity contribution in [3.05, 3.63) is 47.5 Å². The van der Waals surface area contributed by atoms with Crippen LogP contribution in [-0.4, -0.2) is 34.3 Å². The van der Waals surface area contributed by atoms with Gasteiger partial charge in [0.1, 0.15) is 11.6 Å². The molecule has 2 N–H and O–H groups in total. The second-order valence-corrected chi connectivity index (χ2v) is 6.08. The number of guanidine groups is 1. The van der Waals surface area contributed by atoms with Crippen LogP contribution in [0.2, 0.25) is 0 Å². The fourth-order valence-electron chi connectivity index (χ4n) is 3.03. The molecule has 0 radical (unpaired) electrons. The molecule has 1 aromatic heterocycles. The summed E-state index contributed by atoms with van der Waals surface area (Å²) in [5, 5.41) is 15.4. The molecule has 0 fully saturated rings. The molecule has 0 amide bonds. The lowest BCUT2D eigenvalue weighted by Crippen LogP contribution is -2.38. The Morgan fingerprint density at radius 2 is 2.00 bits per heavy atom. The zero-order chi connectivity index (χ0) is 16.6. The fraction of sp³-hybridized carbons (Fsp3) is 0.500. The number of hydrogen-bond donors (Lipinski definition) is 2. The minimum Gasteiger partial charge on any atom is -0.356 e. The zero-order valence-corrected chi connectivity index (χ0v) is 14.3. The zero-order valence-electron chi connectivity index (χ0n) is 14.3. The molecular weight excluding hydrogens is 300 g/mol. The van der Waals surface area contributed by atoms with E-state index in [-0.39, 0.29) is 0 Å². The average molecular weight is 326 g/mol. The first-order valence-corrected chi connectivity index (χ1v) is 8.76. The summed E-state index contributed by atoms with van der Waals surface area (Å²) in [6.45, 7) is 2.62. The Bertz CT molecular complexity index is 661. The molecule has 6 nitrogen and oxygen atoms in total. The molecule has 0 saturated carbocycles. The number of fused-ring (bicyclic) bond motifs is 1. The van der Waals surface area contributed by atoms with Gasteiger partial charge in [-0.05, 0) is 18.4 Å². The highest BCUT2D eigenvalue weighted by Crippen LogP contribution is 2.14. The molecule has 0 bridgehead atoms. The summed E-state index contributed by atoms with van der Waals surface area (Å²) in [6.07, 6.45) is 5.66. The highest BCUT2D eigenvalue weighted by Gasteiger charge is 2.14. The van der Waals surface area contributed by atoms with Crippen molar-refractivity contribution in [2.45, 2.75) is 45.2 Å². The molecule has 1 aliphatic heterocycles. The highest BCUT2D eigenvalue weighted by molar-refractivity contribution is 5.79. The Labute approximate surface area is 143 Å². The second kappa shape index (κ2) is 8.47. The quantitative estimate of drug-likeness (QED) is 0.651. The van der Waals surface area contributed by atoms with Crippen LogP contribution in [0.25, 0.3) is 0 Å². The Hall–Kier alpha value is -2.37. The van der Waals surface area contributed by atoms with Crippen LogP contribution in [0.1, 0.15) is 36.5 Å². The lowest BCUT2D eigenvalue weighted by atomic mass is 10.2. The van der Waals surface area contributed by atoms with E-state index in [2.05, 4.69) is 42.5 Å². The summed E-state index contributed by atoms with van der Waals surface area (Å²) >= 11 is 0. The first-order chi connectivity index (χ1) is 11.9. The topological polar surface area (TPSA) is 67.1 Å². The summed E-state index contributed by atoms with van der Waals surface area (Å²) in [5.41, 5.74) is 1.24. The van der Waals surface area contributed by atoms with Crippen molar-refractivity contribution >= 4 is 5.96 Å². The molecule has 0 saturated heterocycles. The molecule has 2 aromatic rings. The molecule has 0 spiro atoms. The van der Waals surface area contributed by atoms with Gasteiger partial charge in [0.2, 0.25) is 0 Å². The van der Waals surface area contributed by atoms with Gasteiger partial charge >= 0.3 is 0 Å². The van der Waals surface area contributed by atoms with Gasteiger partial charge in [-0.2, -0.15) is 0 Å². The number of aryl methyl sites for hydroxylation is 1. The average Bonchev–Trinajstić information content (AvgIpc) is 2.85. The first-order valence-electron chi connectivity index (χ1n) is 8.76. The van der Waals surface area contributed by atoms with E-state index in [1.165, 1.54) is 24.8 Å². The number of nitrogens with one attached hydrogen (secondary N) is 2. The number of nitrogens with zero attached hydrogens (tertiary/aromatic N) is 4. The fourth-order valence-corrected chi connectivity index (χ4v) is 3.03. The maximum atomic E-state index is 4.37. The standard InChI is InChI=1S/C18H26N6/c1-19-18(21-14-15-8-4-2-5-9-15)20-12-11-17-23-22-16-10-6-3-7-13-24(16)17/h2,4-5,8-9H,3,6-7,10-14H2,1H3,(H2,19,20,21). The van der Waals surface area contributed by atoms with Gasteiger partial charge in [0.05, 0.1) is 0 Å². The van der Waals surface area contributed by atoms with Crippen molar-refractivity contribution in [2.24, 2.45) is 4.99 Å². The molecule has 6 heteroatoms. The molecule has 128 valence electrons. The van der Waals surface area contributed by atoms with E-state index in [0.29, 0.717) is 0 Å². The van der Waals surface area contributed by atoms with E-state index in [1.54, 1.807) is 7.05 Å². The minimum absolute atomic E-state index is 0.765. The third kappa shape index (κ3) is 4.34. The lowest BCUT2D eigenvalue weighted by molar-refractivity contribution is 0.600. The van der Waals surface area contributed by atoms with Crippen molar-refractivity contribution < 1.29 is 0 Å². The predicted molar refractivity (Wildman–Crippen MR) is 95.9 cm³/mol. The molecule has 3 rings (SSSR count). The monoisotopic (exact) mass is 326 g/mol. The minimum atomic E-state index is 0.765. The van der Waals surface area contributed by atoms with Crippen molar-refractivity contribution in [1.29, 1.82) is 0 Å². The molecule has 2 heterocycles. The molecule has 0 unspecified atom stereocenters. The van der Waals surface area contributed by atoms with Gasteiger partial charge < -0.3 is 15.2 Å². The summed E-state index contributed by atoms with van der Waals surface area (Å²) in [6, 6.07) is 10.3. The smallest absolute Gasteiger partial charge is 0.191 e. The number of hydrogen-bond acceptors (Lipinski definition) is 3. The van der Waals surface area contributed by atoms with Gasteiger partial charge in [0, 0.05) is 39.5 Å². The van der Waals surface area contributed by atoms with Gasteiger partial charge in [-0.1, -0.05) is 36.8 Å². The summed E-state index contributed by atoms with van der Waals surface area (Å²) in [5.74, 6) is 3.04. The van der Waals surface area contributed by atoms with Crippen molar-refractivity contribution in [1.82, 2.24) is 25.4 Å². The molecule has 1 aromatic carbocycles. The maximum absolute atomic E-state index is 4.37. The number of aliphatic imine (C=N–C) groups is 1. The van der Waals surface area contributed by atoms with Gasteiger partial charge in [-0.25, -0.2) is 0 Å². The van der Waals surface area contributed by atoms with E-state index in [0.717, 1.165) is 50.1 Å². The van der Waals surface area contributed by atoms with Crippen LogP contribution >= 0.6 is 0 Å². The number of aromatic nitrogens is 3. The van der Waals surface area contributed by atoms with Crippen molar-refractivity contribution in [3.63, 3.8) is 0 Å². The van der Waals surface area contributed by atoms with Crippen LogP contribution in [0, 0.1) is 0 Å². The molecule has 24 heavy (non-hydrogen) atoms. The van der Waals surface area contributed by atoms with Gasteiger partial charge in [0.15, 0.2) is 5.96 Å². The van der Waals surface area contributed by atoms with Crippen LogP contribution < -0.4 is 10.6 Å². The van der Waals surface area contributed by atoms with Crippen LogP contribution in [0.15, 0.2) is 35.3 Å². The Morgan fingerprint density at radius 1 is 1.12 bits per heavy atom. The Kier molecular flexibility index (Phi) is 5.82. The van der Waals surface area contributed by atoms with E-state index in [4.69, 9.17) is 0 Å². The SMILES string of the molecule is CN=C(NCCc1nnc2n1CCCCC2)NCc1ccccc1. The van der Waals surface area contributed by atoms with Crippen LogP contribution in [0.5, 0.6) is 0 Å². The molecule has 1 aliphatic rings. The summed E-state index contributed by atoms with van der Waals surface area (Å²) < 4.78 is 2.30. The largest absolute Gasteiger partial charge is 0.356 e. The summed E-state index contributed by atoms with van der Waals surface area (Å²) in [7, 11) is 1.80. The van der Waals surface area contributed by atoms with E-state index >= 15 is 0 Å². The van der Waals surface area contributed by atoms with E-state index in [1.807, 2.05) is 18.2 Å². The maximum Gasteiger partial charge on any atom is 0.191 e. The van der Waals surface area contributed by atoms with Gasteiger partial charge in [-0.3, -0.25) is 4.99 Å². The van der Waals surface area contributed by atoms with Crippen LogP contribution in [-0.2, 0) is 25.9 Å². The number of benzene rings is 1. The summed E-state index contributed by atoms with van der Waals surface area (Å²) in [4.78, 5) is 4.28. The Morgan fingerprint density at radius 3 is 2.83 bits per heavy atom. The predicted octanol–water partition coefficient (Wildman–Crippen LogP) is 1.91. The van der Waals surface area contributed by atoms with E-state index < -0.39 is 0 Å². The van der Waals surface area contributed by atoms with E-state index in [9.17, 15) is 0 Å². The van der Waals surface area contributed by atoms with Crippen LogP contribution in [0.3, 0.4) is 0 Å². The second-order valence-electron chi connectivity index (χ2n) is 6.08. The lowest BCUT2D eigenvalue weighted by Gasteiger charge is -2.12. The van der Waals surface area contributed by atoms with Crippen molar-refractivity contribution in [3.8, 4) is 0 Å². The number of rotatable bonds is 5. The Balaban J connectivity index is 1.47. The van der Waals surface area contributed by atoms with Crippen LogP contribution in [0.4, 0.5) is 0 Å². The molecule has 0 aliphatic carbocycles. The van der Waals surface area contributed by atoms with Gasteiger partial charge in [0.25, 0.3) is 0 Å². The third-order valence-corrected chi connectivity index (χ3v) is 4.35.